The van der Waals surface area contributed by atoms with E-state index in [0.29, 0.717) is 4.90 Å². The number of allylic oxidation sites excluding steroid dienone is 1. The number of hydrogen-bond donors (Lipinski definition) is 0. The summed E-state index contributed by atoms with van der Waals surface area (Å²) >= 11 is 0. The zero-order chi connectivity index (χ0) is 10.6. The molecule has 0 aromatic heterocycles. The van der Waals surface area contributed by atoms with Crippen LogP contribution in [0.25, 0.3) is 0 Å². The minimum atomic E-state index is -3.08. The molecule has 14 heavy (non-hydrogen) atoms. The van der Waals surface area contributed by atoms with Gasteiger partial charge in [0.25, 0.3) is 0 Å². The minimum absolute atomic E-state index is 0.351. The number of rotatable bonds is 3. The maximum Gasteiger partial charge on any atom is 0.175 e. The van der Waals surface area contributed by atoms with Gasteiger partial charge < -0.3 is 0 Å². The largest absolute Gasteiger partial charge is 0.224 e. The van der Waals surface area contributed by atoms with E-state index in [4.69, 9.17) is 0 Å². The Morgan fingerprint density at radius 1 is 1.36 bits per heavy atom. The molecule has 0 saturated heterocycles. The van der Waals surface area contributed by atoms with Crippen LogP contribution in [0.15, 0.2) is 47.5 Å². The first-order chi connectivity index (χ1) is 6.54. The van der Waals surface area contributed by atoms with Crippen LogP contribution in [0.3, 0.4) is 0 Å². The predicted octanol–water partition coefficient (Wildman–Crippen LogP) is 1.97. The Morgan fingerprint density at radius 2 is 1.93 bits per heavy atom. The van der Waals surface area contributed by atoms with Crippen molar-refractivity contribution >= 4 is 9.84 Å². The van der Waals surface area contributed by atoms with Crippen LogP contribution < -0.4 is 0 Å². The Kier molecular flexibility index (Phi) is 3.28. The van der Waals surface area contributed by atoms with E-state index in [1.807, 2.05) is 0 Å². The third-order valence-corrected chi connectivity index (χ3v) is 2.96. The van der Waals surface area contributed by atoms with E-state index in [0.717, 1.165) is 12.0 Å². The lowest BCUT2D eigenvalue weighted by Crippen LogP contribution is -1.96. The summed E-state index contributed by atoms with van der Waals surface area (Å²) in [6.45, 7) is 3.46. The molecule has 0 atom stereocenters. The van der Waals surface area contributed by atoms with Crippen LogP contribution in [0.1, 0.15) is 5.56 Å². The van der Waals surface area contributed by atoms with Gasteiger partial charge in [0, 0.05) is 6.26 Å². The highest BCUT2D eigenvalue weighted by Crippen LogP contribution is 2.10. The Morgan fingerprint density at radius 3 is 2.36 bits per heavy atom. The van der Waals surface area contributed by atoms with E-state index < -0.39 is 9.84 Å². The van der Waals surface area contributed by atoms with Gasteiger partial charge in [0.05, 0.1) is 4.90 Å². The van der Waals surface area contributed by atoms with E-state index in [9.17, 15) is 8.42 Å². The van der Waals surface area contributed by atoms with Crippen LogP contribution in [0.2, 0.25) is 0 Å². The SMILES string of the molecule is C=C=CCc1ccc(S(C)(=O)=O)cc1. The fraction of sp³-hybridized carbons (Fsp3) is 0.182. The van der Waals surface area contributed by atoms with E-state index in [1.54, 1.807) is 30.3 Å². The Balaban J connectivity index is 2.95. The normalized spacial score (nSPS) is 10.6. The van der Waals surface area contributed by atoms with Crippen LogP contribution in [-0.4, -0.2) is 14.7 Å². The third kappa shape index (κ3) is 2.87. The average molecular weight is 208 g/mol. The van der Waals surface area contributed by atoms with Gasteiger partial charge in [-0.1, -0.05) is 18.7 Å². The maximum absolute atomic E-state index is 11.1. The molecular weight excluding hydrogens is 196 g/mol. The average Bonchev–Trinajstić information content (AvgIpc) is 2.14. The van der Waals surface area contributed by atoms with Crippen LogP contribution in [-0.2, 0) is 16.3 Å². The quantitative estimate of drug-likeness (QED) is 0.712. The molecule has 2 nitrogen and oxygen atoms in total. The molecule has 0 bridgehead atoms. The van der Waals surface area contributed by atoms with Gasteiger partial charge in [0.1, 0.15) is 0 Å². The second-order valence-corrected chi connectivity index (χ2v) is 5.04. The third-order valence-electron chi connectivity index (χ3n) is 1.83. The molecule has 0 spiro atoms. The van der Waals surface area contributed by atoms with Crippen molar-refractivity contribution in [2.45, 2.75) is 11.3 Å². The van der Waals surface area contributed by atoms with Crippen LogP contribution in [0.4, 0.5) is 0 Å². The molecule has 74 valence electrons. The Labute approximate surface area is 84.5 Å². The molecule has 0 unspecified atom stereocenters. The molecule has 0 aliphatic heterocycles. The molecule has 0 fully saturated rings. The van der Waals surface area contributed by atoms with Crippen molar-refractivity contribution in [1.29, 1.82) is 0 Å². The highest BCUT2D eigenvalue weighted by atomic mass is 32.2. The molecule has 0 heterocycles. The van der Waals surface area contributed by atoms with Crippen molar-refractivity contribution < 1.29 is 8.42 Å². The van der Waals surface area contributed by atoms with Crippen molar-refractivity contribution in [3.63, 3.8) is 0 Å². The first-order valence-corrected chi connectivity index (χ1v) is 6.06. The van der Waals surface area contributed by atoms with Crippen LogP contribution in [0, 0.1) is 0 Å². The molecule has 0 radical (unpaired) electrons. The molecule has 0 aliphatic rings. The summed E-state index contributed by atoms with van der Waals surface area (Å²) < 4.78 is 22.3. The monoisotopic (exact) mass is 208 g/mol. The standard InChI is InChI=1S/C11H12O2S/c1-3-4-5-10-6-8-11(9-7-10)14(2,12)13/h4,6-9H,1,5H2,2H3. The maximum atomic E-state index is 11.1. The van der Waals surface area contributed by atoms with Gasteiger partial charge in [0.15, 0.2) is 9.84 Å². The van der Waals surface area contributed by atoms with Crippen molar-refractivity contribution in [1.82, 2.24) is 0 Å². The smallest absolute Gasteiger partial charge is 0.175 e. The second kappa shape index (κ2) is 4.27. The molecule has 0 saturated carbocycles. The van der Waals surface area contributed by atoms with Crippen molar-refractivity contribution in [3.8, 4) is 0 Å². The summed E-state index contributed by atoms with van der Waals surface area (Å²) in [5.41, 5.74) is 3.72. The molecule has 1 aromatic rings. The second-order valence-electron chi connectivity index (χ2n) is 3.03. The summed E-state index contributed by atoms with van der Waals surface area (Å²) in [5, 5.41) is 0. The lowest BCUT2D eigenvalue weighted by Gasteiger charge is -1.99. The van der Waals surface area contributed by atoms with E-state index in [2.05, 4.69) is 12.3 Å². The fourth-order valence-corrected chi connectivity index (χ4v) is 1.69. The van der Waals surface area contributed by atoms with Crippen molar-refractivity contribution in [3.05, 3.63) is 48.2 Å². The summed E-state index contributed by atoms with van der Waals surface area (Å²) in [6.07, 6.45) is 3.73. The lowest BCUT2D eigenvalue weighted by molar-refractivity contribution is 0.602. The van der Waals surface area contributed by atoms with Gasteiger partial charge in [-0.15, -0.1) is 5.73 Å². The number of benzene rings is 1. The van der Waals surface area contributed by atoms with E-state index in [-0.39, 0.29) is 0 Å². The molecule has 1 rings (SSSR count). The molecular formula is C11H12O2S. The predicted molar refractivity (Wildman–Crippen MR) is 57.0 cm³/mol. The number of sulfone groups is 1. The molecule has 0 amide bonds. The minimum Gasteiger partial charge on any atom is -0.224 e. The van der Waals surface area contributed by atoms with Gasteiger partial charge in [-0.3, -0.25) is 0 Å². The van der Waals surface area contributed by atoms with Gasteiger partial charge in [-0.05, 0) is 30.2 Å². The molecule has 0 aliphatic carbocycles. The fourth-order valence-electron chi connectivity index (χ4n) is 1.06. The van der Waals surface area contributed by atoms with Gasteiger partial charge >= 0.3 is 0 Å². The van der Waals surface area contributed by atoms with Gasteiger partial charge in [-0.25, -0.2) is 8.42 Å². The van der Waals surface area contributed by atoms with Crippen LogP contribution in [0.5, 0.6) is 0 Å². The zero-order valence-corrected chi connectivity index (χ0v) is 8.84. The first kappa shape index (κ1) is 10.8. The summed E-state index contributed by atoms with van der Waals surface area (Å²) in [6, 6.07) is 6.82. The summed E-state index contributed by atoms with van der Waals surface area (Å²) in [7, 11) is -3.08. The topological polar surface area (TPSA) is 34.1 Å². The van der Waals surface area contributed by atoms with Gasteiger partial charge in [-0.2, -0.15) is 0 Å². The Bertz CT molecular complexity index is 449. The van der Waals surface area contributed by atoms with Crippen molar-refractivity contribution in [2.75, 3.05) is 6.26 Å². The van der Waals surface area contributed by atoms with E-state index in [1.165, 1.54) is 6.26 Å². The number of hydrogen-bond acceptors (Lipinski definition) is 2. The van der Waals surface area contributed by atoms with Crippen LogP contribution >= 0.6 is 0 Å². The molecule has 3 heteroatoms. The molecule has 1 aromatic carbocycles. The highest BCUT2D eigenvalue weighted by molar-refractivity contribution is 7.90. The zero-order valence-electron chi connectivity index (χ0n) is 8.03. The molecule has 0 N–H and O–H groups in total. The van der Waals surface area contributed by atoms with Gasteiger partial charge in [0.2, 0.25) is 0 Å². The summed E-state index contributed by atoms with van der Waals surface area (Å²) in [5.74, 6) is 0. The van der Waals surface area contributed by atoms with Crippen molar-refractivity contribution in [2.24, 2.45) is 0 Å². The first-order valence-electron chi connectivity index (χ1n) is 4.17. The van der Waals surface area contributed by atoms with E-state index >= 15 is 0 Å². The highest BCUT2D eigenvalue weighted by Gasteiger charge is 2.05. The summed E-state index contributed by atoms with van der Waals surface area (Å²) in [4.78, 5) is 0.351. The lowest BCUT2D eigenvalue weighted by atomic mass is 10.1. The Hall–Kier alpha value is -1.31.